The van der Waals surface area contributed by atoms with Crippen LogP contribution in [0.1, 0.15) is 52.9 Å². The van der Waals surface area contributed by atoms with Crippen molar-refractivity contribution >= 4 is 0 Å². The summed E-state index contributed by atoms with van der Waals surface area (Å²) in [6, 6.07) is 0.271. The standard InChI is InChI=1S/C14H29NO2/c1-5-10-15-13(14(2,3)16-4)11-17-12-8-6-7-9-12/h12-13,15H,5-11H2,1-4H3. The van der Waals surface area contributed by atoms with Crippen LogP contribution in [0.3, 0.4) is 0 Å². The van der Waals surface area contributed by atoms with Crippen LogP contribution in [0.25, 0.3) is 0 Å². The number of methoxy groups -OCH3 is 1. The molecule has 0 radical (unpaired) electrons. The van der Waals surface area contributed by atoms with Crippen LogP contribution < -0.4 is 5.32 Å². The first kappa shape index (κ1) is 14.9. The van der Waals surface area contributed by atoms with E-state index in [1.807, 2.05) is 0 Å². The van der Waals surface area contributed by atoms with Gasteiger partial charge in [-0.1, -0.05) is 19.8 Å². The third-order valence-corrected chi connectivity index (χ3v) is 3.81. The topological polar surface area (TPSA) is 30.5 Å². The van der Waals surface area contributed by atoms with E-state index in [0.29, 0.717) is 6.10 Å². The van der Waals surface area contributed by atoms with E-state index in [0.717, 1.165) is 19.6 Å². The zero-order valence-electron chi connectivity index (χ0n) is 11.9. The molecular formula is C14H29NO2. The van der Waals surface area contributed by atoms with Gasteiger partial charge in [0.15, 0.2) is 0 Å². The monoisotopic (exact) mass is 243 g/mol. The van der Waals surface area contributed by atoms with Gasteiger partial charge in [-0.25, -0.2) is 0 Å². The molecule has 0 aromatic rings. The Morgan fingerprint density at radius 3 is 2.47 bits per heavy atom. The minimum absolute atomic E-state index is 0.173. The lowest BCUT2D eigenvalue weighted by atomic mass is 9.99. The van der Waals surface area contributed by atoms with Crippen LogP contribution in [-0.2, 0) is 9.47 Å². The summed E-state index contributed by atoms with van der Waals surface area (Å²) in [6.45, 7) is 8.20. The largest absolute Gasteiger partial charge is 0.377 e. The molecule has 0 amide bonds. The first-order chi connectivity index (χ1) is 8.10. The third-order valence-electron chi connectivity index (χ3n) is 3.81. The van der Waals surface area contributed by atoms with E-state index < -0.39 is 0 Å². The van der Waals surface area contributed by atoms with Crippen LogP contribution >= 0.6 is 0 Å². The number of hydrogen-bond donors (Lipinski definition) is 1. The summed E-state index contributed by atoms with van der Waals surface area (Å²) >= 11 is 0. The Morgan fingerprint density at radius 1 is 1.29 bits per heavy atom. The molecule has 1 fully saturated rings. The van der Waals surface area contributed by atoms with Gasteiger partial charge in [-0.2, -0.15) is 0 Å². The quantitative estimate of drug-likeness (QED) is 0.711. The first-order valence-electron chi connectivity index (χ1n) is 7.00. The Kier molecular flexibility index (Phi) is 6.45. The van der Waals surface area contributed by atoms with Crippen molar-refractivity contribution in [2.45, 2.75) is 70.6 Å². The Hall–Kier alpha value is -0.120. The predicted octanol–water partition coefficient (Wildman–Crippen LogP) is 2.74. The molecule has 0 heterocycles. The molecule has 0 aliphatic heterocycles. The molecule has 1 unspecified atom stereocenters. The minimum Gasteiger partial charge on any atom is -0.377 e. The fourth-order valence-electron chi connectivity index (χ4n) is 2.25. The van der Waals surface area contributed by atoms with Crippen molar-refractivity contribution in [2.75, 3.05) is 20.3 Å². The molecule has 1 aliphatic carbocycles. The molecule has 3 heteroatoms. The summed E-state index contributed by atoms with van der Waals surface area (Å²) in [5.41, 5.74) is -0.173. The number of rotatable bonds is 8. The zero-order chi connectivity index (χ0) is 12.7. The second-order valence-corrected chi connectivity index (χ2v) is 5.55. The summed E-state index contributed by atoms with van der Waals surface area (Å²) in [4.78, 5) is 0. The molecule has 1 N–H and O–H groups in total. The summed E-state index contributed by atoms with van der Waals surface area (Å²) in [7, 11) is 1.77. The summed E-state index contributed by atoms with van der Waals surface area (Å²) in [6.07, 6.45) is 6.73. The normalized spacial score (nSPS) is 19.8. The van der Waals surface area contributed by atoms with Gasteiger partial charge in [0.05, 0.1) is 24.4 Å². The molecule has 3 nitrogen and oxygen atoms in total. The average Bonchev–Trinajstić information content (AvgIpc) is 2.82. The van der Waals surface area contributed by atoms with Crippen LogP contribution in [0.15, 0.2) is 0 Å². The van der Waals surface area contributed by atoms with Crippen molar-refractivity contribution in [1.82, 2.24) is 5.32 Å². The highest BCUT2D eigenvalue weighted by molar-refractivity contribution is 4.86. The first-order valence-corrected chi connectivity index (χ1v) is 7.00. The van der Waals surface area contributed by atoms with Crippen LogP contribution in [0.5, 0.6) is 0 Å². The molecule has 0 bridgehead atoms. The van der Waals surface area contributed by atoms with Gasteiger partial charge in [-0.15, -0.1) is 0 Å². The molecule has 0 aromatic heterocycles. The molecule has 1 rings (SSSR count). The van der Waals surface area contributed by atoms with Crippen LogP contribution in [-0.4, -0.2) is 38.0 Å². The summed E-state index contributed by atoms with van der Waals surface area (Å²) in [5.74, 6) is 0. The van der Waals surface area contributed by atoms with Crippen molar-refractivity contribution in [2.24, 2.45) is 0 Å². The SMILES string of the molecule is CCCNC(COC1CCCC1)C(C)(C)OC. The molecule has 0 aromatic carbocycles. The van der Waals surface area contributed by atoms with E-state index in [1.54, 1.807) is 7.11 Å². The lowest BCUT2D eigenvalue weighted by molar-refractivity contribution is -0.0525. The Morgan fingerprint density at radius 2 is 1.94 bits per heavy atom. The van der Waals surface area contributed by atoms with Crippen molar-refractivity contribution in [3.63, 3.8) is 0 Å². The number of nitrogens with one attached hydrogen (secondary N) is 1. The molecule has 17 heavy (non-hydrogen) atoms. The van der Waals surface area contributed by atoms with E-state index in [9.17, 15) is 0 Å². The smallest absolute Gasteiger partial charge is 0.0797 e. The highest BCUT2D eigenvalue weighted by Crippen LogP contribution is 2.22. The molecule has 1 aliphatic rings. The van der Waals surface area contributed by atoms with Crippen molar-refractivity contribution < 1.29 is 9.47 Å². The van der Waals surface area contributed by atoms with Crippen LogP contribution in [0.2, 0.25) is 0 Å². The third kappa shape index (κ3) is 4.94. The lowest BCUT2D eigenvalue weighted by Crippen LogP contribution is -2.51. The second-order valence-electron chi connectivity index (χ2n) is 5.55. The van der Waals surface area contributed by atoms with Gasteiger partial charge in [0.25, 0.3) is 0 Å². The van der Waals surface area contributed by atoms with Gasteiger partial charge < -0.3 is 14.8 Å². The maximum absolute atomic E-state index is 6.01. The summed E-state index contributed by atoms with van der Waals surface area (Å²) < 4.78 is 11.6. The van der Waals surface area contributed by atoms with Crippen molar-refractivity contribution in [3.8, 4) is 0 Å². The number of ether oxygens (including phenoxy) is 2. The van der Waals surface area contributed by atoms with Gasteiger partial charge >= 0.3 is 0 Å². The highest BCUT2D eigenvalue weighted by Gasteiger charge is 2.30. The van der Waals surface area contributed by atoms with Crippen LogP contribution in [0.4, 0.5) is 0 Å². The molecule has 1 saturated carbocycles. The molecule has 102 valence electrons. The van der Waals surface area contributed by atoms with Gasteiger partial charge in [0.2, 0.25) is 0 Å². The zero-order valence-corrected chi connectivity index (χ0v) is 11.9. The Balaban J connectivity index is 2.38. The van der Waals surface area contributed by atoms with Gasteiger partial charge in [-0.05, 0) is 39.7 Å². The Labute approximate surface area is 106 Å². The lowest BCUT2D eigenvalue weighted by Gasteiger charge is -2.34. The van der Waals surface area contributed by atoms with E-state index in [-0.39, 0.29) is 11.6 Å². The fraction of sp³-hybridized carbons (Fsp3) is 1.00. The van der Waals surface area contributed by atoms with Gasteiger partial charge in [0.1, 0.15) is 0 Å². The molecule has 0 saturated heterocycles. The number of hydrogen-bond acceptors (Lipinski definition) is 3. The molecule has 1 atom stereocenters. The van der Waals surface area contributed by atoms with Crippen LogP contribution in [0, 0.1) is 0 Å². The van der Waals surface area contributed by atoms with Crippen molar-refractivity contribution in [1.29, 1.82) is 0 Å². The van der Waals surface area contributed by atoms with E-state index in [2.05, 4.69) is 26.1 Å². The fourth-order valence-corrected chi connectivity index (χ4v) is 2.25. The maximum Gasteiger partial charge on any atom is 0.0797 e. The predicted molar refractivity (Wildman–Crippen MR) is 71.4 cm³/mol. The summed E-state index contributed by atoms with van der Waals surface area (Å²) in [5, 5.41) is 3.53. The maximum atomic E-state index is 6.01. The second kappa shape index (κ2) is 7.34. The highest BCUT2D eigenvalue weighted by atomic mass is 16.5. The Bertz CT molecular complexity index is 200. The minimum atomic E-state index is -0.173. The van der Waals surface area contributed by atoms with E-state index >= 15 is 0 Å². The van der Waals surface area contributed by atoms with Gasteiger partial charge in [0, 0.05) is 7.11 Å². The molecular weight excluding hydrogens is 214 g/mol. The van der Waals surface area contributed by atoms with Gasteiger partial charge in [-0.3, -0.25) is 0 Å². The van der Waals surface area contributed by atoms with E-state index in [1.165, 1.54) is 25.7 Å². The molecule has 0 spiro atoms. The average molecular weight is 243 g/mol. The van der Waals surface area contributed by atoms with E-state index in [4.69, 9.17) is 9.47 Å². The van der Waals surface area contributed by atoms with Crippen molar-refractivity contribution in [3.05, 3.63) is 0 Å².